The largest absolute Gasteiger partial charge is 0.378 e. The second-order valence-corrected chi connectivity index (χ2v) is 5.33. The van der Waals surface area contributed by atoms with Gasteiger partial charge in [0.2, 0.25) is 0 Å². The van der Waals surface area contributed by atoms with Gasteiger partial charge >= 0.3 is 0 Å². The van der Waals surface area contributed by atoms with Crippen molar-refractivity contribution in [2.45, 2.75) is 18.5 Å². The maximum absolute atomic E-state index is 11.7. The van der Waals surface area contributed by atoms with E-state index in [4.69, 9.17) is 5.73 Å². The standard InChI is InChI=1S/C17H19N3O/c1-19-17(21)11-5-4-6-12(9-11)20-16-10-15(18)13-7-2-3-8-14(13)16/h2-9,15-16,20H,10,18H2,1H3,(H,19,21). The number of anilines is 1. The van der Waals surface area contributed by atoms with Crippen LogP contribution in [0.2, 0.25) is 0 Å². The van der Waals surface area contributed by atoms with Crippen LogP contribution in [-0.4, -0.2) is 13.0 Å². The van der Waals surface area contributed by atoms with Crippen LogP contribution in [0.5, 0.6) is 0 Å². The topological polar surface area (TPSA) is 67.2 Å². The van der Waals surface area contributed by atoms with Gasteiger partial charge in [-0.05, 0) is 35.7 Å². The summed E-state index contributed by atoms with van der Waals surface area (Å²) in [5.41, 5.74) is 10.2. The number of rotatable bonds is 3. The number of carbonyl (C=O) groups excluding carboxylic acids is 1. The van der Waals surface area contributed by atoms with E-state index >= 15 is 0 Å². The summed E-state index contributed by atoms with van der Waals surface area (Å²) >= 11 is 0. The van der Waals surface area contributed by atoms with Crippen LogP contribution in [0.1, 0.15) is 40.0 Å². The quantitative estimate of drug-likeness (QED) is 0.810. The predicted octanol–water partition coefficient (Wildman–Crippen LogP) is 2.60. The number of hydrogen-bond donors (Lipinski definition) is 3. The lowest BCUT2D eigenvalue weighted by atomic mass is 10.1. The van der Waals surface area contributed by atoms with Crippen molar-refractivity contribution in [1.29, 1.82) is 0 Å². The molecule has 0 spiro atoms. The Labute approximate surface area is 124 Å². The van der Waals surface area contributed by atoms with Crippen LogP contribution in [-0.2, 0) is 0 Å². The molecule has 0 fully saturated rings. The zero-order chi connectivity index (χ0) is 14.8. The van der Waals surface area contributed by atoms with Crippen LogP contribution >= 0.6 is 0 Å². The van der Waals surface area contributed by atoms with E-state index in [9.17, 15) is 4.79 Å². The number of amides is 1. The number of nitrogens with two attached hydrogens (primary N) is 1. The van der Waals surface area contributed by atoms with Gasteiger partial charge in [0.05, 0.1) is 6.04 Å². The molecule has 0 bridgehead atoms. The Bertz CT molecular complexity index is 669. The molecule has 3 rings (SSSR count). The van der Waals surface area contributed by atoms with Gasteiger partial charge in [-0.2, -0.15) is 0 Å². The molecule has 2 unspecified atom stereocenters. The van der Waals surface area contributed by atoms with Gasteiger partial charge in [-0.1, -0.05) is 30.3 Å². The Balaban J connectivity index is 1.84. The molecule has 1 aliphatic carbocycles. The highest BCUT2D eigenvalue weighted by Crippen LogP contribution is 2.39. The minimum Gasteiger partial charge on any atom is -0.378 e. The van der Waals surface area contributed by atoms with Crippen LogP contribution in [0.4, 0.5) is 5.69 Å². The first kappa shape index (κ1) is 13.6. The molecule has 4 nitrogen and oxygen atoms in total. The summed E-state index contributed by atoms with van der Waals surface area (Å²) < 4.78 is 0. The summed E-state index contributed by atoms with van der Waals surface area (Å²) in [5.74, 6) is -0.0813. The predicted molar refractivity (Wildman–Crippen MR) is 84.2 cm³/mol. The van der Waals surface area contributed by atoms with Crippen LogP contribution in [0.3, 0.4) is 0 Å². The molecular formula is C17H19N3O. The molecular weight excluding hydrogens is 262 g/mol. The van der Waals surface area contributed by atoms with Gasteiger partial charge in [-0.15, -0.1) is 0 Å². The van der Waals surface area contributed by atoms with E-state index in [-0.39, 0.29) is 18.0 Å². The fourth-order valence-electron chi connectivity index (χ4n) is 2.91. The lowest BCUT2D eigenvalue weighted by molar-refractivity contribution is 0.0963. The van der Waals surface area contributed by atoms with Crippen molar-refractivity contribution in [2.24, 2.45) is 5.73 Å². The van der Waals surface area contributed by atoms with Crippen molar-refractivity contribution < 1.29 is 4.79 Å². The highest BCUT2D eigenvalue weighted by Gasteiger charge is 2.28. The van der Waals surface area contributed by atoms with Crippen molar-refractivity contribution in [1.82, 2.24) is 5.32 Å². The molecule has 0 saturated carbocycles. The van der Waals surface area contributed by atoms with Crippen LogP contribution < -0.4 is 16.4 Å². The zero-order valence-corrected chi connectivity index (χ0v) is 12.0. The summed E-state index contributed by atoms with van der Waals surface area (Å²) in [6, 6.07) is 16.0. The average Bonchev–Trinajstić information content (AvgIpc) is 2.83. The first-order chi connectivity index (χ1) is 10.2. The fraction of sp³-hybridized carbons (Fsp3) is 0.235. The maximum Gasteiger partial charge on any atom is 0.251 e. The minimum absolute atomic E-state index is 0.0702. The Morgan fingerprint density at radius 1 is 1.14 bits per heavy atom. The van der Waals surface area contributed by atoms with Gasteiger partial charge in [0.1, 0.15) is 0 Å². The molecule has 2 aromatic rings. The van der Waals surface area contributed by atoms with E-state index in [0.717, 1.165) is 12.1 Å². The SMILES string of the molecule is CNC(=O)c1cccc(NC2CC(N)c3ccccc32)c1. The smallest absolute Gasteiger partial charge is 0.251 e. The lowest BCUT2D eigenvalue weighted by Gasteiger charge is -2.16. The van der Waals surface area contributed by atoms with Crippen LogP contribution in [0.25, 0.3) is 0 Å². The third-order valence-corrected chi connectivity index (χ3v) is 3.95. The molecule has 2 aromatic carbocycles. The molecule has 1 amide bonds. The lowest BCUT2D eigenvalue weighted by Crippen LogP contribution is -2.18. The van der Waals surface area contributed by atoms with E-state index < -0.39 is 0 Å². The summed E-state index contributed by atoms with van der Waals surface area (Å²) in [5, 5.41) is 6.12. The van der Waals surface area contributed by atoms with Crippen LogP contribution in [0.15, 0.2) is 48.5 Å². The van der Waals surface area contributed by atoms with E-state index in [1.54, 1.807) is 13.1 Å². The molecule has 4 heteroatoms. The number of benzene rings is 2. The third kappa shape index (κ3) is 2.62. The zero-order valence-electron chi connectivity index (χ0n) is 12.0. The van der Waals surface area contributed by atoms with E-state index in [1.807, 2.05) is 30.3 Å². The van der Waals surface area contributed by atoms with Gasteiger partial charge in [-0.25, -0.2) is 0 Å². The van der Waals surface area contributed by atoms with Crippen molar-refractivity contribution in [3.05, 3.63) is 65.2 Å². The first-order valence-electron chi connectivity index (χ1n) is 7.12. The Hall–Kier alpha value is -2.33. The van der Waals surface area contributed by atoms with E-state index in [0.29, 0.717) is 5.56 Å². The molecule has 2 atom stereocenters. The van der Waals surface area contributed by atoms with Crippen LogP contribution in [0, 0.1) is 0 Å². The van der Waals surface area contributed by atoms with Gasteiger partial charge in [0, 0.05) is 24.3 Å². The van der Waals surface area contributed by atoms with Crippen molar-refractivity contribution >= 4 is 11.6 Å². The molecule has 0 aliphatic heterocycles. The first-order valence-corrected chi connectivity index (χ1v) is 7.12. The number of nitrogens with one attached hydrogen (secondary N) is 2. The summed E-state index contributed by atoms with van der Waals surface area (Å²) in [6.45, 7) is 0. The van der Waals surface area contributed by atoms with Crippen molar-refractivity contribution in [3.8, 4) is 0 Å². The highest BCUT2D eigenvalue weighted by atomic mass is 16.1. The van der Waals surface area contributed by atoms with Gasteiger partial charge in [0.25, 0.3) is 5.91 Å². The highest BCUT2D eigenvalue weighted by molar-refractivity contribution is 5.94. The third-order valence-electron chi connectivity index (χ3n) is 3.95. The normalized spacial score (nSPS) is 19.9. The van der Waals surface area contributed by atoms with Gasteiger partial charge in [-0.3, -0.25) is 4.79 Å². The molecule has 4 N–H and O–H groups in total. The summed E-state index contributed by atoms with van der Waals surface area (Å²) in [7, 11) is 1.63. The average molecular weight is 281 g/mol. The number of fused-ring (bicyclic) bond motifs is 1. The summed E-state index contributed by atoms with van der Waals surface area (Å²) in [4.78, 5) is 11.7. The number of hydrogen-bond acceptors (Lipinski definition) is 3. The van der Waals surface area contributed by atoms with Crippen molar-refractivity contribution in [3.63, 3.8) is 0 Å². The van der Waals surface area contributed by atoms with Crippen molar-refractivity contribution in [2.75, 3.05) is 12.4 Å². The summed E-state index contributed by atoms with van der Waals surface area (Å²) in [6.07, 6.45) is 0.865. The number of carbonyl (C=O) groups is 1. The molecule has 21 heavy (non-hydrogen) atoms. The molecule has 0 radical (unpaired) electrons. The second kappa shape index (κ2) is 5.58. The Morgan fingerprint density at radius 3 is 2.67 bits per heavy atom. The Kier molecular flexibility index (Phi) is 3.62. The van der Waals surface area contributed by atoms with E-state index in [1.165, 1.54) is 11.1 Å². The van der Waals surface area contributed by atoms with E-state index in [2.05, 4.69) is 22.8 Å². The molecule has 1 aliphatic rings. The molecule has 0 heterocycles. The Morgan fingerprint density at radius 2 is 1.90 bits per heavy atom. The molecule has 108 valence electrons. The fourth-order valence-corrected chi connectivity index (χ4v) is 2.91. The van der Waals surface area contributed by atoms with Gasteiger partial charge in [0.15, 0.2) is 0 Å². The molecule has 0 aromatic heterocycles. The minimum atomic E-state index is -0.0813. The maximum atomic E-state index is 11.7. The monoisotopic (exact) mass is 281 g/mol. The molecule has 0 saturated heterocycles. The second-order valence-electron chi connectivity index (χ2n) is 5.33. The van der Waals surface area contributed by atoms with Gasteiger partial charge < -0.3 is 16.4 Å².